The average molecular weight is 192 g/mol. The third-order valence-corrected chi connectivity index (χ3v) is 3.12. The molecule has 0 aromatic heterocycles. The van der Waals surface area contributed by atoms with E-state index in [9.17, 15) is 0 Å². The lowest BCUT2D eigenvalue weighted by Gasteiger charge is -2.13. The fourth-order valence-corrected chi connectivity index (χ4v) is 1.77. The van der Waals surface area contributed by atoms with E-state index in [0.29, 0.717) is 0 Å². The summed E-state index contributed by atoms with van der Waals surface area (Å²) in [5.74, 6) is 0. The Hall–Kier alpha value is -0.690. The van der Waals surface area contributed by atoms with E-state index in [4.69, 9.17) is 0 Å². The number of hydrogen-bond acceptors (Lipinski definition) is 1. The quantitative estimate of drug-likeness (QED) is 0.640. The molecule has 0 bridgehead atoms. The number of hydrogen-bond donors (Lipinski definition) is 1. The van der Waals surface area contributed by atoms with Crippen LogP contribution in [-0.2, 0) is 0 Å². The van der Waals surface area contributed by atoms with Gasteiger partial charge in [-0.1, -0.05) is 12.2 Å². The molecule has 1 rings (SSSR count). The van der Waals surface area contributed by atoms with Gasteiger partial charge < -0.3 is 0 Å². The summed E-state index contributed by atoms with van der Waals surface area (Å²) in [5, 5.41) is 0. The van der Waals surface area contributed by atoms with Gasteiger partial charge in [0.05, 0.1) is 0 Å². The Labute approximate surface area is 86.1 Å². The predicted octanol–water partition coefficient (Wildman–Crippen LogP) is 3.93. The Morgan fingerprint density at radius 1 is 1.15 bits per heavy atom. The second kappa shape index (κ2) is 3.59. The molecule has 0 radical (unpaired) electrons. The van der Waals surface area contributed by atoms with Crippen molar-refractivity contribution in [1.82, 2.24) is 0 Å². The highest BCUT2D eigenvalue weighted by atomic mass is 32.1. The molecule has 1 heteroatoms. The van der Waals surface area contributed by atoms with E-state index in [1.807, 2.05) is 6.92 Å². The van der Waals surface area contributed by atoms with Crippen molar-refractivity contribution in [2.75, 3.05) is 0 Å². The maximum Gasteiger partial charge on any atom is 0.00781 e. The molecule has 13 heavy (non-hydrogen) atoms. The van der Waals surface area contributed by atoms with Crippen molar-refractivity contribution in [3.63, 3.8) is 0 Å². The lowest BCUT2D eigenvalue weighted by Crippen LogP contribution is -1.94. The van der Waals surface area contributed by atoms with Crippen molar-refractivity contribution < 1.29 is 0 Å². The molecule has 0 aliphatic heterocycles. The van der Waals surface area contributed by atoms with Gasteiger partial charge in [-0.3, -0.25) is 0 Å². The van der Waals surface area contributed by atoms with E-state index >= 15 is 0 Å². The molecule has 0 aliphatic carbocycles. The second-order valence-electron chi connectivity index (χ2n) is 3.60. The molecular formula is C12H16S. The van der Waals surface area contributed by atoms with Gasteiger partial charge in [0.25, 0.3) is 0 Å². The molecule has 0 unspecified atom stereocenters. The lowest BCUT2D eigenvalue weighted by atomic mass is 9.95. The maximum atomic E-state index is 4.44. The first kappa shape index (κ1) is 10.4. The third kappa shape index (κ3) is 1.80. The number of thiol groups is 1. The summed E-state index contributed by atoms with van der Waals surface area (Å²) >= 11 is 4.44. The summed E-state index contributed by atoms with van der Waals surface area (Å²) in [6, 6.07) is 2.10. The van der Waals surface area contributed by atoms with Gasteiger partial charge in [0.2, 0.25) is 0 Å². The molecule has 1 aromatic carbocycles. The Morgan fingerprint density at radius 2 is 1.69 bits per heavy atom. The molecule has 0 aliphatic rings. The summed E-state index contributed by atoms with van der Waals surface area (Å²) in [7, 11) is 0. The van der Waals surface area contributed by atoms with Gasteiger partial charge in [-0.15, -0.1) is 12.6 Å². The first-order chi connectivity index (χ1) is 5.95. The van der Waals surface area contributed by atoms with Crippen LogP contribution in [-0.4, -0.2) is 0 Å². The molecule has 0 saturated heterocycles. The van der Waals surface area contributed by atoms with Crippen molar-refractivity contribution in [3.8, 4) is 0 Å². The van der Waals surface area contributed by atoms with Crippen molar-refractivity contribution >= 4 is 18.2 Å². The van der Waals surface area contributed by atoms with E-state index in [1.165, 1.54) is 22.3 Å². The van der Waals surface area contributed by atoms with Gasteiger partial charge in [0.15, 0.2) is 0 Å². The zero-order valence-electron chi connectivity index (χ0n) is 8.73. The smallest absolute Gasteiger partial charge is 0.00781 e. The first-order valence-corrected chi connectivity index (χ1v) is 4.85. The molecule has 0 atom stereocenters. The normalized spacial score (nSPS) is 10.2. The monoisotopic (exact) mass is 192 g/mol. The zero-order valence-corrected chi connectivity index (χ0v) is 9.63. The van der Waals surface area contributed by atoms with Crippen LogP contribution in [0.1, 0.15) is 29.2 Å². The van der Waals surface area contributed by atoms with E-state index < -0.39 is 0 Å². The summed E-state index contributed by atoms with van der Waals surface area (Å²) in [4.78, 5) is 1.06. The second-order valence-corrected chi connectivity index (χ2v) is 4.08. The highest BCUT2D eigenvalue weighted by molar-refractivity contribution is 7.80. The molecule has 0 saturated carbocycles. The van der Waals surface area contributed by atoms with Gasteiger partial charge in [0.1, 0.15) is 0 Å². The summed E-state index contributed by atoms with van der Waals surface area (Å²) in [6.07, 6.45) is 0. The minimum Gasteiger partial charge on any atom is -0.143 e. The van der Waals surface area contributed by atoms with E-state index in [0.717, 1.165) is 10.5 Å². The maximum absolute atomic E-state index is 4.44. The van der Waals surface area contributed by atoms with Crippen molar-refractivity contribution in [3.05, 3.63) is 34.9 Å². The Bertz CT molecular complexity index is 362. The first-order valence-electron chi connectivity index (χ1n) is 4.40. The molecule has 0 N–H and O–H groups in total. The molecule has 1 aromatic rings. The van der Waals surface area contributed by atoms with Crippen LogP contribution in [0.25, 0.3) is 5.57 Å². The standard InChI is InChI=1S/C12H16S/c1-7(2)11-6-12(13)10(5)8(3)9(11)4/h6,13H,1H2,2-5H3. The van der Waals surface area contributed by atoms with Gasteiger partial charge in [-0.25, -0.2) is 0 Å². The summed E-state index contributed by atoms with van der Waals surface area (Å²) in [6.45, 7) is 12.4. The van der Waals surface area contributed by atoms with E-state index in [-0.39, 0.29) is 0 Å². The van der Waals surface area contributed by atoms with Crippen molar-refractivity contribution in [2.24, 2.45) is 0 Å². The highest BCUT2D eigenvalue weighted by Gasteiger charge is 2.07. The molecule has 70 valence electrons. The van der Waals surface area contributed by atoms with Crippen LogP contribution >= 0.6 is 12.6 Å². The van der Waals surface area contributed by atoms with Crippen molar-refractivity contribution in [2.45, 2.75) is 32.6 Å². The lowest BCUT2D eigenvalue weighted by molar-refractivity contribution is 1.17. The topological polar surface area (TPSA) is 0 Å². The van der Waals surface area contributed by atoms with Crippen LogP contribution < -0.4 is 0 Å². The molecule has 0 spiro atoms. The summed E-state index contributed by atoms with van der Waals surface area (Å²) < 4.78 is 0. The van der Waals surface area contributed by atoms with E-state index in [1.54, 1.807) is 0 Å². The minimum atomic E-state index is 1.06. The highest BCUT2D eigenvalue weighted by Crippen LogP contribution is 2.27. The largest absolute Gasteiger partial charge is 0.143 e. The van der Waals surface area contributed by atoms with Crippen LogP contribution in [0.15, 0.2) is 17.5 Å². The summed E-state index contributed by atoms with van der Waals surface area (Å²) in [5.41, 5.74) is 6.25. The molecule has 0 fully saturated rings. The van der Waals surface area contributed by atoms with Gasteiger partial charge in [-0.05, 0) is 56.0 Å². The number of benzene rings is 1. The molecular weight excluding hydrogens is 176 g/mol. The van der Waals surface area contributed by atoms with Gasteiger partial charge in [0, 0.05) is 4.90 Å². The fraction of sp³-hybridized carbons (Fsp3) is 0.333. The van der Waals surface area contributed by atoms with Crippen LogP contribution in [0.5, 0.6) is 0 Å². The van der Waals surface area contributed by atoms with Crippen molar-refractivity contribution in [1.29, 1.82) is 0 Å². The van der Waals surface area contributed by atoms with Crippen LogP contribution in [0, 0.1) is 20.8 Å². The Balaban J connectivity index is 3.50. The van der Waals surface area contributed by atoms with Gasteiger partial charge in [-0.2, -0.15) is 0 Å². The SMILES string of the molecule is C=C(C)c1cc(S)c(C)c(C)c1C. The van der Waals surface area contributed by atoms with Crippen LogP contribution in [0.3, 0.4) is 0 Å². The Morgan fingerprint density at radius 3 is 2.15 bits per heavy atom. The van der Waals surface area contributed by atoms with Gasteiger partial charge >= 0.3 is 0 Å². The minimum absolute atomic E-state index is 1.06. The molecule has 0 nitrogen and oxygen atoms in total. The Kier molecular flexibility index (Phi) is 2.87. The third-order valence-electron chi connectivity index (χ3n) is 2.65. The zero-order chi connectivity index (χ0) is 10.2. The fourth-order valence-electron chi connectivity index (χ4n) is 1.47. The molecule has 0 amide bonds. The number of allylic oxidation sites excluding steroid dienone is 1. The number of rotatable bonds is 1. The average Bonchev–Trinajstić information content (AvgIpc) is 2.07. The van der Waals surface area contributed by atoms with Crippen LogP contribution in [0.2, 0.25) is 0 Å². The molecule has 0 heterocycles. The van der Waals surface area contributed by atoms with Crippen LogP contribution in [0.4, 0.5) is 0 Å². The predicted molar refractivity (Wildman–Crippen MR) is 62.6 cm³/mol. The van der Waals surface area contributed by atoms with E-state index in [2.05, 4.69) is 46.0 Å².